The molecule has 17 heavy (non-hydrogen) atoms. The molecular weight excluding hydrogens is 244 g/mol. The second-order valence-corrected chi connectivity index (χ2v) is 3.98. The molecule has 1 heterocycles. The van der Waals surface area contributed by atoms with Crippen LogP contribution in [-0.4, -0.2) is 43.2 Å². The summed E-state index contributed by atoms with van der Waals surface area (Å²) in [5, 5.41) is 12.4. The summed E-state index contributed by atoms with van der Waals surface area (Å²) in [5.41, 5.74) is 0.313. The minimum Gasteiger partial charge on any atom is -0.355 e. The summed E-state index contributed by atoms with van der Waals surface area (Å²) >= 11 is 5.85. The van der Waals surface area contributed by atoms with Crippen LogP contribution in [0.2, 0.25) is 0 Å². The number of carbonyl (C=O) groups excluding carboxylic acids is 2. The fourth-order valence-corrected chi connectivity index (χ4v) is 1.80. The maximum Gasteiger partial charge on any atom is 0.264 e. The first-order valence-electron chi connectivity index (χ1n) is 5.23. The zero-order valence-electron chi connectivity index (χ0n) is 9.55. The number of amidine groups is 1. The van der Waals surface area contributed by atoms with Gasteiger partial charge < -0.3 is 15.5 Å². The van der Waals surface area contributed by atoms with Gasteiger partial charge in [-0.15, -0.1) is 0 Å². The lowest BCUT2D eigenvalue weighted by Crippen LogP contribution is -2.33. The molecule has 6 nitrogen and oxygen atoms in total. The van der Waals surface area contributed by atoms with Gasteiger partial charge in [0.05, 0.1) is 18.1 Å². The van der Waals surface area contributed by atoms with Gasteiger partial charge in [0.2, 0.25) is 6.41 Å². The van der Waals surface area contributed by atoms with Crippen LogP contribution in [0.5, 0.6) is 0 Å². The molecule has 1 saturated heterocycles. The molecule has 3 N–H and O–H groups in total. The summed E-state index contributed by atoms with van der Waals surface area (Å²) in [6.45, 7) is 1.00. The van der Waals surface area contributed by atoms with Crippen molar-refractivity contribution in [3.8, 4) is 0 Å². The summed E-state index contributed by atoms with van der Waals surface area (Å²) in [6.07, 6.45) is 2.09. The fraction of sp³-hybridized carbons (Fsp3) is 0.500. The Morgan fingerprint density at radius 2 is 2.35 bits per heavy atom. The van der Waals surface area contributed by atoms with Crippen molar-refractivity contribution in [2.75, 3.05) is 20.1 Å². The number of nitrogens with one attached hydrogen (secondary N) is 3. The maximum atomic E-state index is 11.4. The third kappa shape index (κ3) is 3.45. The van der Waals surface area contributed by atoms with Crippen LogP contribution < -0.4 is 10.6 Å². The van der Waals surface area contributed by atoms with Crippen molar-refractivity contribution in [3.63, 3.8) is 0 Å². The van der Waals surface area contributed by atoms with E-state index in [2.05, 4.69) is 10.6 Å². The molecule has 0 atom stereocenters. The van der Waals surface area contributed by atoms with Crippen molar-refractivity contribution >= 4 is 29.8 Å². The predicted molar refractivity (Wildman–Crippen MR) is 64.7 cm³/mol. The molecule has 1 aliphatic rings. The average molecular weight is 259 g/mol. The molecule has 0 unspecified atom stereocenters. The van der Waals surface area contributed by atoms with Gasteiger partial charge in [0, 0.05) is 20.0 Å². The Kier molecular flexibility index (Phi) is 4.96. The van der Waals surface area contributed by atoms with Crippen molar-refractivity contribution in [1.29, 1.82) is 5.41 Å². The second-order valence-electron chi connectivity index (χ2n) is 3.61. The van der Waals surface area contributed by atoms with Gasteiger partial charge in [-0.05, 0) is 6.42 Å². The number of hydrogen-bond acceptors (Lipinski definition) is 3. The highest BCUT2D eigenvalue weighted by Crippen LogP contribution is 2.14. The van der Waals surface area contributed by atoms with Crippen molar-refractivity contribution < 1.29 is 9.59 Å². The second kappa shape index (κ2) is 6.24. The quantitative estimate of drug-likeness (QED) is 0.479. The van der Waals surface area contributed by atoms with Crippen molar-refractivity contribution in [1.82, 2.24) is 15.5 Å². The van der Waals surface area contributed by atoms with E-state index in [1.54, 1.807) is 4.90 Å². The number of rotatable bonds is 5. The van der Waals surface area contributed by atoms with E-state index in [9.17, 15) is 9.59 Å². The van der Waals surface area contributed by atoms with Crippen LogP contribution in [0.1, 0.15) is 12.8 Å². The highest BCUT2D eigenvalue weighted by Gasteiger charge is 2.20. The van der Waals surface area contributed by atoms with E-state index in [-0.39, 0.29) is 11.6 Å². The van der Waals surface area contributed by atoms with Crippen molar-refractivity contribution in [2.24, 2.45) is 0 Å². The van der Waals surface area contributed by atoms with Gasteiger partial charge in [-0.2, -0.15) is 0 Å². The summed E-state index contributed by atoms with van der Waals surface area (Å²) in [4.78, 5) is 23.6. The lowest BCUT2D eigenvalue weighted by molar-refractivity contribution is -0.116. The predicted octanol–water partition coefficient (Wildman–Crippen LogP) is 0.00187. The highest BCUT2D eigenvalue weighted by atomic mass is 35.5. The molecule has 1 aliphatic heterocycles. The van der Waals surface area contributed by atoms with Crippen LogP contribution in [0.3, 0.4) is 0 Å². The smallest absolute Gasteiger partial charge is 0.264 e. The molecule has 1 rings (SSSR count). The van der Waals surface area contributed by atoms with E-state index in [4.69, 9.17) is 17.0 Å². The van der Waals surface area contributed by atoms with E-state index in [1.807, 2.05) is 0 Å². The molecule has 2 amide bonds. The third-order valence-electron chi connectivity index (χ3n) is 2.50. The summed E-state index contributed by atoms with van der Waals surface area (Å²) < 4.78 is 0. The third-order valence-corrected chi connectivity index (χ3v) is 2.90. The molecule has 0 aromatic heterocycles. The van der Waals surface area contributed by atoms with Crippen LogP contribution in [0.25, 0.3) is 0 Å². The summed E-state index contributed by atoms with van der Waals surface area (Å²) in [5.74, 6) is 0.0401. The van der Waals surface area contributed by atoms with Gasteiger partial charge in [0.1, 0.15) is 5.03 Å². The molecule has 1 fully saturated rings. The van der Waals surface area contributed by atoms with Crippen LogP contribution in [0, 0.1) is 5.41 Å². The van der Waals surface area contributed by atoms with E-state index in [1.165, 1.54) is 7.05 Å². The minimum absolute atomic E-state index is 0.0562. The summed E-state index contributed by atoms with van der Waals surface area (Å²) in [6, 6.07) is 0. The number of hydrogen-bond donors (Lipinski definition) is 3. The molecule has 0 saturated carbocycles. The van der Waals surface area contributed by atoms with Gasteiger partial charge >= 0.3 is 0 Å². The zero-order valence-corrected chi connectivity index (χ0v) is 10.3. The monoisotopic (exact) mass is 258 g/mol. The standard InChI is InChI=1S/C10H15ClN4O2/c1-13-10(17)9(11)7(14-6-16)5-15-4-2-3-8(15)12/h6,12H,2-5H2,1H3,(H,13,17)(H,14,16)/b9-7+,12-8?. The molecule has 7 heteroatoms. The molecule has 0 spiro atoms. The van der Waals surface area contributed by atoms with Crippen LogP contribution >= 0.6 is 11.6 Å². The summed E-state index contributed by atoms with van der Waals surface area (Å²) in [7, 11) is 1.46. The van der Waals surface area contributed by atoms with Crippen molar-refractivity contribution in [2.45, 2.75) is 12.8 Å². The van der Waals surface area contributed by atoms with E-state index in [0.29, 0.717) is 24.4 Å². The van der Waals surface area contributed by atoms with Gasteiger partial charge in [0.25, 0.3) is 5.91 Å². The SMILES string of the molecule is CNC(=O)/C(Cl)=C(/CN1CCCC1=N)NC=O. The number of carbonyl (C=O) groups is 2. The first kappa shape index (κ1) is 13.5. The Labute approximate surface area is 104 Å². The normalized spacial score (nSPS) is 16.6. The Bertz CT molecular complexity index is 367. The molecule has 0 aromatic carbocycles. The largest absolute Gasteiger partial charge is 0.355 e. The fourth-order valence-electron chi connectivity index (χ4n) is 1.59. The van der Waals surface area contributed by atoms with E-state index in [0.717, 1.165) is 13.0 Å². The number of nitrogens with zero attached hydrogens (tertiary/aromatic N) is 1. The zero-order chi connectivity index (χ0) is 12.8. The number of likely N-dealkylation sites (tertiary alicyclic amines) is 1. The lowest BCUT2D eigenvalue weighted by Gasteiger charge is -2.20. The van der Waals surface area contributed by atoms with E-state index >= 15 is 0 Å². The Balaban J connectivity index is 2.81. The molecule has 94 valence electrons. The first-order chi connectivity index (χ1) is 8.10. The average Bonchev–Trinajstić information content (AvgIpc) is 2.72. The van der Waals surface area contributed by atoms with Gasteiger partial charge in [-0.25, -0.2) is 0 Å². The first-order valence-corrected chi connectivity index (χ1v) is 5.61. The molecule has 0 aliphatic carbocycles. The molecule has 0 radical (unpaired) electrons. The molecule has 0 bridgehead atoms. The number of halogens is 1. The van der Waals surface area contributed by atoms with Gasteiger partial charge in [0.15, 0.2) is 0 Å². The van der Waals surface area contributed by atoms with Crippen LogP contribution in [0.15, 0.2) is 10.7 Å². The Morgan fingerprint density at radius 3 is 2.82 bits per heavy atom. The topological polar surface area (TPSA) is 85.3 Å². The van der Waals surface area contributed by atoms with Crippen LogP contribution in [-0.2, 0) is 9.59 Å². The molecular formula is C10H15ClN4O2. The molecule has 0 aromatic rings. The lowest BCUT2D eigenvalue weighted by atomic mass is 10.3. The highest BCUT2D eigenvalue weighted by molar-refractivity contribution is 6.42. The van der Waals surface area contributed by atoms with Crippen molar-refractivity contribution in [3.05, 3.63) is 10.7 Å². The van der Waals surface area contributed by atoms with Gasteiger partial charge in [-0.3, -0.25) is 15.0 Å². The number of amides is 2. The number of likely N-dealkylation sites (N-methyl/N-ethyl adjacent to an activating group) is 1. The van der Waals surface area contributed by atoms with E-state index < -0.39 is 5.91 Å². The van der Waals surface area contributed by atoms with Crippen LogP contribution in [0.4, 0.5) is 0 Å². The maximum absolute atomic E-state index is 11.4. The minimum atomic E-state index is -0.457. The Hall–Kier alpha value is -1.56. The van der Waals surface area contributed by atoms with Gasteiger partial charge in [-0.1, -0.05) is 11.6 Å². The Morgan fingerprint density at radius 1 is 1.65 bits per heavy atom.